The van der Waals surface area contributed by atoms with E-state index in [0.29, 0.717) is 10.0 Å². The number of nitrogens with zero attached hydrogens (tertiary/aromatic N) is 2. The summed E-state index contributed by atoms with van der Waals surface area (Å²) in [6.07, 6.45) is 2.87. The number of rotatable bonds is 6. The number of carbonyl (C=O) groups excluding carboxylic acids is 2. The van der Waals surface area contributed by atoms with Crippen LogP contribution in [0.15, 0.2) is 75.3 Å². The molecule has 3 aromatic rings. The molecule has 7 nitrogen and oxygen atoms in total. The summed E-state index contributed by atoms with van der Waals surface area (Å²) in [5, 5.41) is 8.76. The number of hydrogen-bond acceptors (Lipinski definition) is 5. The number of hydrogen-bond donors (Lipinski definition) is 2. The lowest BCUT2D eigenvalue weighted by Crippen LogP contribution is -2.18. The predicted octanol–water partition coefficient (Wildman–Crippen LogP) is 4.11. The van der Waals surface area contributed by atoms with E-state index in [1.54, 1.807) is 48.5 Å². The highest BCUT2D eigenvalue weighted by Gasteiger charge is 2.15. The standard InChI is InChI=1S/C20H14Cl2N4O3/c21-15-5-1-3-13(9-15)11-23-25-19(27)17-7-8-18(29-17)20(28)26-24-12-14-4-2-6-16(22)10-14/h1-12H,(H,25,27)(H,26,28). The second-order valence-electron chi connectivity index (χ2n) is 5.67. The number of furan rings is 1. The smallest absolute Gasteiger partial charge is 0.307 e. The molecule has 29 heavy (non-hydrogen) atoms. The topological polar surface area (TPSA) is 96.1 Å². The zero-order valence-electron chi connectivity index (χ0n) is 14.8. The fourth-order valence-electron chi connectivity index (χ4n) is 2.20. The minimum atomic E-state index is -0.607. The van der Waals surface area contributed by atoms with Crippen molar-refractivity contribution in [2.45, 2.75) is 0 Å². The first-order chi connectivity index (χ1) is 14.0. The van der Waals surface area contributed by atoms with Crippen LogP contribution >= 0.6 is 23.2 Å². The zero-order valence-corrected chi connectivity index (χ0v) is 16.3. The van der Waals surface area contributed by atoms with Gasteiger partial charge in [0.25, 0.3) is 0 Å². The van der Waals surface area contributed by atoms with Crippen molar-refractivity contribution < 1.29 is 14.0 Å². The van der Waals surface area contributed by atoms with Gasteiger partial charge in [0.05, 0.1) is 12.4 Å². The monoisotopic (exact) mass is 428 g/mol. The Morgan fingerprint density at radius 2 is 1.21 bits per heavy atom. The summed E-state index contributed by atoms with van der Waals surface area (Å²) < 4.78 is 5.24. The van der Waals surface area contributed by atoms with Gasteiger partial charge in [-0.15, -0.1) is 0 Å². The first-order valence-corrected chi connectivity index (χ1v) is 9.04. The minimum absolute atomic E-state index is 0.0720. The van der Waals surface area contributed by atoms with Crippen molar-refractivity contribution in [2.75, 3.05) is 0 Å². The molecular weight excluding hydrogens is 415 g/mol. The molecule has 0 unspecified atom stereocenters. The van der Waals surface area contributed by atoms with E-state index in [-0.39, 0.29) is 11.5 Å². The van der Waals surface area contributed by atoms with Gasteiger partial charge in [0.2, 0.25) is 0 Å². The van der Waals surface area contributed by atoms with Gasteiger partial charge in [-0.05, 0) is 47.5 Å². The van der Waals surface area contributed by atoms with Gasteiger partial charge in [-0.1, -0.05) is 47.5 Å². The van der Waals surface area contributed by atoms with Crippen molar-refractivity contribution in [3.8, 4) is 0 Å². The number of nitrogens with one attached hydrogen (secondary N) is 2. The van der Waals surface area contributed by atoms with Gasteiger partial charge >= 0.3 is 11.8 Å². The number of amides is 2. The molecule has 0 spiro atoms. The van der Waals surface area contributed by atoms with Crippen LogP contribution in [-0.4, -0.2) is 24.2 Å². The lowest BCUT2D eigenvalue weighted by atomic mass is 10.2. The molecule has 0 saturated carbocycles. The molecule has 2 N–H and O–H groups in total. The van der Waals surface area contributed by atoms with E-state index < -0.39 is 11.8 Å². The first kappa shape index (κ1) is 20.3. The SMILES string of the molecule is O=C(NN=Cc1cccc(Cl)c1)c1ccc(C(=O)NN=Cc2cccc(Cl)c2)o1. The Hall–Kier alpha value is -3.42. The zero-order chi connectivity index (χ0) is 20.6. The third-order valence-corrected chi connectivity index (χ3v) is 3.98. The van der Waals surface area contributed by atoms with Crippen LogP contribution in [0.2, 0.25) is 10.0 Å². The lowest BCUT2D eigenvalue weighted by Gasteiger charge is -1.98. The maximum atomic E-state index is 12.1. The summed E-state index contributed by atoms with van der Waals surface area (Å²) in [5.74, 6) is -1.36. The van der Waals surface area contributed by atoms with Crippen LogP contribution in [-0.2, 0) is 0 Å². The second-order valence-corrected chi connectivity index (χ2v) is 6.55. The van der Waals surface area contributed by atoms with Crippen molar-refractivity contribution in [1.82, 2.24) is 10.9 Å². The fraction of sp³-hybridized carbons (Fsp3) is 0. The van der Waals surface area contributed by atoms with Gasteiger partial charge in [0.15, 0.2) is 11.5 Å². The summed E-state index contributed by atoms with van der Waals surface area (Å²) in [6.45, 7) is 0. The van der Waals surface area contributed by atoms with E-state index in [1.807, 2.05) is 0 Å². The van der Waals surface area contributed by atoms with Crippen molar-refractivity contribution in [1.29, 1.82) is 0 Å². The average Bonchev–Trinajstić information content (AvgIpc) is 3.18. The number of benzene rings is 2. The molecule has 2 aromatic carbocycles. The number of carbonyl (C=O) groups is 2. The van der Waals surface area contributed by atoms with Crippen molar-refractivity contribution in [3.05, 3.63) is 93.4 Å². The average molecular weight is 429 g/mol. The quantitative estimate of drug-likeness (QED) is 0.456. The molecule has 0 saturated heterocycles. The molecule has 0 aliphatic heterocycles. The van der Waals surface area contributed by atoms with Crippen LogP contribution in [0.25, 0.3) is 0 Å². The highest BCUT2D eigenvalue weighted by Crippen LogP contribution is 2.10. The summed E-state index contributed by atoms with van der Waals surface area (Å²) in [4.78, 5) is 24.1. The van der Waals surface area contributed by atoms with Crippen LogP contribution in [0.1, 0.15) is 32.2 Å². The highest BCUT2D eigenvalue weighted by molar-refractivity contribution is 6.31. The Bertz CT molecular complexity index is 1010. The molecule has 2 amide bonds. The van der Waals surface area contributed by atoms with Crippen LogP contribution in [0, 0.1) is 0 Å². The molecule has 0 radical (unpaired) electrons. The summed E-state index contributed by atoms with van der Waals surface area (Å²) in [6, 6.07) is 16.6. The van der Waals surface area contributed by atoms with E-state index in [9.17, 15) is 9.59 Å². The van der Waals surface area contributed by atoms with Gasteiger partial charge in [0, 0.05) is 10.0 Å². The molecule has 0 aliphatic carbocycles. The highest BCUT2D eigenvalue weighted by atomic mass is 35.5. The molecule has 1 aromatic heterocycles. The third kappa shape index (κ3) is 6.03. The normalized spacial score (nSPS) is 11.1. The van der Waals surface area contributed by atoms with Crippen LogP contribution in [0.4, 0.5) is 0 Å². The summed E-state index contributed by atoms with van der Waals surface area (Å²) >= 11 is 11.7. The van der Waals surface area contributed by atoms with Crippen LogP contribution in [0.5, 0.6) is 0 Å². The largest absolute Gasteiger partial charge is 0.446 e. The Morgan fingerprint density at radius 1 is 0.759 bits per heavy atom. The molecule has 0 bridgehead atoms. The van der Waals surface area contributed by atoms with Gasteiger partial charge in [-0.2, -0.15) is 10.2 Å². The number of halogens is 2. The van der Waals surface area contributed by atoms with Crippen molar-refractivity contribution in [3.63, 3.8) is 0 Å². The lowest BCUT2D eigenvalue weighted by molar-refractivity contribution is 0.0902. The molecule has 9 heteroatoms. The molecule has 0 atom stereocenters. The van der Waals surface area contributed by atoms with E-state index in [2.05, 4.69) is 21.1 Å². The molecule has 3 rings (SSSR count). The van der Waals surface area contributed by atoms with Gasteiger partial charge in [0.1, 0.15) is 0 Å². The molecule has 146 valence electrons. The molecular formula is C20H14Cl2N4O3. The molecule has 1 heterocycles. The van der Waals surface area contributed by atoms with E-state index in [1.165, 1.54) is 24.6 Å². The second kappa shape index (κ2) is 9.68. The van der Waals surface area contributed by atoms with Gasteiger partial charge < -0.3 is 4.42 Å². The fourth-order valence-corrected chi connectivity index (χ4v) is 2.59. The van der Waals surface area contributed by atoms with Gasteiger partial charge in [-0.3, -0.25) is 9.59 Å². The van der Waals surface area contributed by atoms with E-state index >= 15 is 0 Å². The van der Waals surface area contributed by atoms with Gasteiger partial charge in [-0.25, -0.2) is 10.9 Å². The first-order valence-electron chi connectivity index (χ1n) is 8.29. The Balaban J connectivity index is 1.55. The Kier molecular flexibility index (Phi) is 6.78. The van der Waals surface area contributed by atoms with Crippen LogP contribution in [0.3, 0.4) is 0 Å². The van der Waals surface area contributed by atoms with Crippen molar-refractivity contribution >= 4 is 47.4 Å². The van der Waals surface area contributed by atoms with Crippen LogP contribution < -0.4 is 10.9 Å². The molecule has 0 aliphatic rings. The summed E-state index contributed by atoms with van der Waals surface area (Å²) in [5.41, 5.74) is 6.05. The third-order valence-electron chi connectivity index (χ3n) is 3.51. The van der Waals surface area contributed by atoms with Crippen molar-refractivity contribution in [2.24, 2.45) is 10.2 Å². The van der Waals surface area contributed by atoms with E-state index in [4.69, 9.17) is 27.6 Å². The van der Waals surface area contributed by atoms with E-state index in [0.717, 1.165) is 11.1 Å². The minimum Gasteiger partial charge on any atom is -0.446 e. The molecule has 0 fully saturated rings. The summed E-state index contributed by atoms with van der Waals surface area (Å²) in [7, 11) is 0. The Labute approximate surface area is 176 Å². The maximum Gasteiger partial charge on any atom is 0.307 e. The predicted molar refractivity (Wildman–Crippen MR) is 112 cm³/mol. The maximum absolute atomic E-state index is 12.1. The Morgan fingerprint density at radius 3 is 1.62 bits per heavy atom. The number of hydrazone groups is 2.